The molecule has 0 saturated heterocycles. The minimum absolute atomic E-state index is 0.113. The van der Waals surface area contributed by atoms with Gasteiger partial charge in [0.1, 0.15) is 12.4 Å². The number of hydrogen-bond acceptors (Lipinski definition) is 5. The van der Waals surface area contributed by atoms with E-state index >= 15 is 0 Å². The van der Waals surface area contributed by atoms with Gasteiger partial charge in [-0.1, -0.05) is 0 Å². The molecule has 0 bridgehead atoms. The van der Waals surface area contributed by atoms with Crippen molar-refractivity contribution in [1.82, 2.24) is 9.88 Å². The number of thiazole rings is 1. The average molecular weight is 365 g/mol. The van der Waals surface area contributed by atoms with E-state index in [0.29, 0.717) is 30.3 Å². The maximum absolute atomic E-state index is 13.0. The van der Waals surface area contributed by atoms with Gasteiger partial charge in [0.2, 0.25) is 5.91 Å². The molecule has 2 aromatic rings. The number of ether oxygens (including phenoxy) is 1. The summed E-state index contributed by atoms with van der Waals surface area (Å²) >= 11 is 1.32. The van der Waals surface area contributed by atoms with Gasteiger partial charge in [-0.25, -0.2) is 9.37 Å². The molecule has 1 aromatic heterocycles. The van der Waals surface area contributed by atoms with Crippen molar-refractivity contribution >= 4 is 28.3 Å². The van der Waals surface area contributed by atoms with Gasteiger partial charge >= 0.3 is 0 Å². The third-order valence-corrected chi connectivity index (χ3v) is 4.23. The topological polar surface area (TPSA) is 71.5 Å². The summed E-state index contributed by atoms with van der Waals surface area (Å²) in [6.45, 7) is 2.55. The molecule has 2 rings (SSSR count). The van der Waals surface area contributed by atoms with Crippen molar-refractivity contribution in [2.45, 2.75) is 13.3 Å². The molecule has 0 radical (unpaired) electrons. The van der Waals surface area contributed by atoms with Crippen LogP contribution in [0.4, 0.5) is 9.52 Å². The SMILES string of the molecule is COCCCN(CC(=O)Nc1nc(C)cs1)C(=O)c1ccc(F)cc1. The zero-order valence-electron chi connectivity index (χ0n) is 14.1. The third-order valence-electron chi connectivity index (χ3n) is 3.35. The van der Waals surface area contributed by atoms with Crippen LogP contribution in [0.5, 0.6) is 0 Å². The summed E-state index contributed by atoms with van der Waals surface area (Å²) in [5, 5.41) is 5.01. The summed E-state index contributed by atoms with van der Waals surface area (Å²) in [7, 11) is 1.57. The molecule has 8 heteroatoms. The molecular weight excluding hydrogens is 345 g/mol. The first-order valence-electron chi connectivity index (χ1n) is 7.75. The van der Waals surface area contributed by atoms with E-state index in [9.17, 15) is 14.0 Å². The lowest BCUT2D eigenvalue weighted by Crippen LogP contribution is -2.39. The summed E-state index contributed by atoms with van der Waals surface area (Å²) in [4.78, 5) is 30.4. The monoisotopic (exact) mass is 365 g/mol. The van der Waals surface area contributed by atoms with Gasteiger partial charge in [-0.15, -0.1) is 11.3 Å². The van der Waals surface area contributed by atoms with E-state index in [1.54, 1.807) is 7.11 Å². The number of nitrogens with zero attached hydrogens (tertiary/aromatic N) is 2. The molecule has 134 valence electrons. The first-order chi connectivity index (χ1) is 12.0. The van der Waals surface area contributed by atoms with Crippen molar-refractivity contribution in [2.75, 3.05) is 32.1 Å². The van der Waals surface area contributed by atoms with Gasteiger partial charge in [0.05, 0.1) is 5.69 Å². The lowest BCUT2D eigenvalue weighted by molar-refractivity contribution is -0.116. The largest absolute Gasteiger partial charge is 0.385 e. The van der Waals surface area contributed by atoms with Gasteiger partial charge in [0, 0.05) is 31.2 Å². The molecule has 1 heterocycles. The number of benzene rings is 1. The van der Waals surface area contributed by atoms with Gasteiger partial charge in [-0.05, 0) is 37.6 Å². The number of hydrogen-bond donors (Lipinski definition) is 1. The Morgan fingerprint density at radius 3 is 2.64 bits per heavy atom. The molecule has 0 saturated carbocycles. The van der Waals surface area contributed by atoms with Crippen LogP contribution in [0.3, 0.4) is 0 Å². The highest BCUT2D eigenvalue weighted by atomic mass is 32.1. The standard InChI is InChI=1S/C17H20FN3O3S/c1-12-11-25-17(19-12)20-15(22)10-21(8-3-9-24-2)16(23)13-4-6-14(18)7-5-13/h4-7,11H,3,8-10H2,1-2H3,(H,19,20,22). The molecule has 0 aliphatic rings. The molecule has 6 nitrogen and oxygen atoms in total. The van der Waals surface area contributed by atoms with Crippen LogP contribution in [0.1, 0.15) is 22.5 Å². The minimum atomic E-state index is -0.417. The molecule has 1 N–H and O–H groups in total. The minimum Gasteiger partial charge on any atom is -0.385 e. The van der Waals surface area contributed by atoms with E-state index in [0.717, 1.165) is 5.69 Å². The summed E-state index contributed by atoms with van der Waals surface area (Å²) in [6.07, 6.45) is 0.590. The van der Waals surface area contributed by atoms with Gasteiger partial charge in [0.25, 0.3) is 5.91 Å². The third kappa shape index (κ3) is 5.91. The molecule has 0 spiro atoms. The lowest BCUT2D eigenvalue weighted by atomic mass is 10.2. The number of methoxy groups -OCH3 is 1. The van der Waals surface area contributed by atoms with Crippen LogP contribution in [-0.4, -0.2) is 48.5 Å². The van der Waals surface area contributed by atoms with Crippen LogP contribution >= 0.6 is 11.3 Å². The molecule has 2 amide bonds. The van der Waals surface area contributed by atoms with E-state index in [2.05, 4.69) is 10.3 Å². The number of nitrogens with one attached hydrogen (secondary N) is 1. The van der Waals surface area contributed by atoms with Crippen molar-refractivity contribution in [3.8, 4) is 0 Å². The molecule has 0 aliphatic heterocycles. The average Bonchev–Trinajstić information content (AvgIpc) is 2.99. The molecule has 0 fully saturated rings. The summed E-state index contributed by atoms with van der Waals surface area (Å²) in [6, 6.07) is 5.25. The quantitative estimate of drug-likeness (QED) is 0.730. The number of aromatic nitrogens is 1. The van der Waals surface area contributed by atoms with Crippen molar-refractivity contribution < 1.29 is 18.7 Å². The molecular formula is C17H20FN3O3S. The molecule has 25 heavy (non-hydrogen) atoms. The highest BCUT2D eigenvalue weighted by Gasteiger charge is 2.19. The summed E-state index contributed by atoms with van der Waals surface area (Å²) < 4.78 is 18.0. The number of rotatable bonds is 8. The Labute approximate surface area is 149 Å². The highest BCUT2D eigenvalue weighted by molar-refractivity contribution is 7.13. The Morgan fingerprint density at radius 1 is 1.32 bits per heavy atom. The summed E-state index contributed by atoms with van der Waals surface area (Å²) in [5.74, 6) is -1.08. The van der Waals surface area contributed by atoms with Crippen LogP contribution < -0.4 is 5.32 Å². The number of carbonyl (C=O) groups excluding carboxylic acids is 2. The van der Waals surface area contributed by atoms with Crippen LogP contribution in [-0.2, 0) is 9.53 Å². The zero-order valence-corrected chi connectivity index (χ0v) is 14.9. The van der Waals surface area contributed by atoms with Crippen molar-refractivity contribution in [3.05, 3.63) is 46.7 Å². The Bertz CT molecular complexity index is 718. The number of halogens is 1. The van der Waals surface area contributed by atoms with E-state index in [4.69, 9.17) is 4.74 Å². The molecule has 1 aromatic carbocycles. The Kier molecular flexibility index (Phi) is 7.03. The lowest BCUT2D eigenvalue weighted by Gasteiger charge is -2.22. The number of aryl methyl sites for hydroxylation is 1. The molecule has 0 aliphatic carbocycles. The van der Waals surface area contributed by atoms with Gasteiger partial charge in [0.15, 0.2) is 5.13 Å². The predicted octanol–water partition coefficient (Wildman–Crippen LogP) is 2.71. The molecule has 0 atom stereocenters. The summed E-state index contributed by atoms with van der Waals surface area (Å²) in [5.41, 5.74) is 1.15. The first kappa shape index (κ1) is 19.0. The second kappa shape index (κ2) is 9.24. The normalized spacial score (nSPS) is 10.5. The second-order valence-corrected chi connectivity index (χ2v) is 6.28. The number of amides is 2. The van der Waals surface area contributed by atoms with Crippen molar-refractivity contribution in [3.63, 3.8) is 0 Å². The maximum atomic E-state index is 13.0. The number of carbonyl (C=O) groups is 2. The van der Waals surface area contributed by atoms with Crippen LogP contribution in [0.2, 0.25) is 0 Å². The fourth-order valence-electron chi connectivity index (χ4n) is 2.17. The van der Waals surface area contributed by atoms with Gasteiger partial charge in [-0.3, -0.25) is 9.59 Å². The van der Waals surface area contributed by atoms with Crippen molar-refractivity contribution in [1.29, 1.82) is 0 Å². The first-order valence-corrected chi connectivity index (χ1v) is 8.63. The Morgan fingerprint density at radius 2 is 2.04 bits per heavy atom. The molecule has 0 unspecified atom stereocenters. The second-order valence-electron chi connectivity index (χ2n) is 5.42. The smallest absolute Gasteiger partial charge is 0.254 e. The fourth-order valence-corrected chi connectivity index (χ4v) is 2.88. The van der Waals surface area contributed by atoms with Crippen molar-refractivity contribution in [2.24, 2.45) is 0 Å². The Balaban J connectivity index is 2.04. The van der Waals surface area contributed by atoms with Crippen LogP contribution in [0.25, 0.3) is 0 Å². The Hall–Kier alpha value is -2.32. The van der Waals surface area contributed by atoms with Gasteiger partial charge in [-0.2, -0.15) is 0 Å². The van der Waals surface area contributed by atoms with Crippen LogP contribution in [0, 0.1) is 12.7 Å². The van der Waals surface area contributed by atoms with E-state index in [-0.39, 0.29) is 18.4 Å². The maximum Gasteiger partial charge on any atom is 0.254 e. The van der Waals surface area contributed by atoms with Crippen LogP contribution in [0.15, 0.2) is 29.6 Å². The van der Waals surface area contributed by atoms with Gasteiger partial charge < -0.3 is 15.0 Å². The zero-order chi connectivity index (χ0) is 18.2. The highest BCUT2D eigenvalue weighted by Crippen LogP contribution is 2.14. The van der Waals surface area contributed by atoms with E-state index < -0.39 is 5.82 Å². The number of anilines is 1. The predicted molar refractivity (Wildman–Crippen MR) is 94.3 cm³/mol. The van der Waals surface area contributed by atoms with E-state index in [1.807, 2.05) is 12.3 Å². The van der Waals surface area contributed by atoms with E-state index in [1.165, 1.54) is 40.5 Å². The fraction of sp³-hybridized carbons (Fsp3) is 0.353.